The van der Waals surface area contributed by atoms with Gasteiger partial charge in [0.1, 0.15) is 18.4 Å². The number of aliphatic carboxylic acids is 1. The Bertz CT molecular complexity index is 1100. The van der Waals surface area contributed by atoms with Crippen LogP contribution < -0.4 is 10.1 Å². The van der Waals surface area contributed by atoms with E-state index in [0.717, 1.165) is 37.0 Å². The average Bonchev–Trinajstić information content (AvgIpc) is 3.05. The molecule has 0 aliphatic rings. The number of ether oxygens (including phenoxy) is 3. The Kier molecular flexibility index (Phi) is 22.4. The fraction of sp³-hybridized carbons (Fsp3) is 0.639. The minimum atomic E-state index is -2.44. The lowest BCUT2D eigenvalue weighted by atomic mass is 9.83. The van der Waals surface area contributed by atoms with Crippen molar-refractivity contribution in [3.63, 3.8) is 0 Å². The maximum Gasteiger partial charge on any atom is 0.336 e. The van der Waals surface area contributed by atoms with Gasteiger partial charge in [-0.2, -0.15) is 11.8 Å². The summed E-state index contributed by atoms with van der Waals surface area (Å²) in [6, 6.07) is 5.87. The van der Waals surface area contributed by atoms with E-state index in [4.69, 9.17) is 14.2 Å². The molecule has 0 aliphatic carbocycles. The largest absolute Gasteiger partial charge is 0.481 e. The van der Waals surface area contributed by atoms with E-state index in [-0.39, 0.29) is 26.1 Å². The summed E-state index contributed by atoms with van der Waals surface area (Å²) in [4.78, 5) is 38.5. The number of hydrogen-bond donors (Lipinski definition) is 3. The van der Waals surface area contributed by atoms with Gasteiger partial charge >= 0.3 is 11.9 Å². The summed E-state index contributed by atoms with van der Waals surface area (Å²) in [6.07, 6.45) is 14.3. The number of esters is 1. The molecule has 0 unspecified atom stereocenters. The normalized spacial score (nSPS) is 13.7. The molecule has 1 amide bonds. The van der Waals surface area contributed by atoms with Crippen LogP contribution in [0.5, 0.6) is 5.75 Å². The van der Waals surface area contributed by atoms with Crippen LogP contribution in [0.15, 0.2) is 36.4 Å². The zero-order valence-corrected chi connectivity index (χ0v) is 29.0. The van der Waals surface area contributed by atoms with Crippen LogP contribution in [0.2, 0.25) is 0 Å². The molecular formula is C36H55NO8S. The number of carboxylic acids is 1. The molecule has 0 bridgehead atoms. The average molecular weight is 662 g/mol. The van der Waals surface area contributed by atoms with Gasteiger partial charge in [0.2, 0.25) is 5.91 Å². The van der Waals surface area contributed by atoms with Crippen molar-refractivity contribution in [3.05, 3.63) is 42.0 Å². The SMILES string of the molecule is CC#CCOc1ccc(C[C@H](NC(=O)[C@@H](C=CCCCCCCSCCCCCCC)[C@@](O)(CCOC)C(=O)O)C(=O)OC)cc1. The van der Waals surface area contributed by atoms with E-state index in [1.807, 2.05) is 11.8 Å². The lowest BCUT2D eigenvalue weighted by Gasteiger charge is -2.30. The van der Waals surface area contributed by atoms with Crippen molar-refractivity contribution in [3.8, 4) is 17.6 Å². The van der Waals surface area contributed by atoms with Crippen LogP contribution in [0.25, 0.3) is 0 Å². The molecule has 0 aliphatic heterocycles. The first-order chi connectivity index (χ1) is 22.2. The number of allylic oxidation sites excluding steroid dienone is 1. The number of rotatable bonds is 26. The third kappa shape index (κ3) is 16.5. The van der Waals surface area contributed by atoms with Crippen LogP contribution in [0, 0.1) is 17.8 Å². The fourth-order valence-corrected chi connectivity index (χ4v) is 5.85. The lowest BCUT2D eigenvalue weighted by molar-refractivity contribution is -0.169. The van der Waals surface area contributed by atoms with E-state index >= 15 is 0 Å². The second-order valence-corrected chi connectivity index (χ2v) is 12.5. The van der Waals surface area contributed by atoms with E-state index in [2.05, 4.69) is 24.1 Å². The molecule has 3 N–H and O–H groups in total. The summed E-state index contributed by atoms with van der Waals surface area (Å²) in [5.74, 6) is 4.05. The van der Waals surface area contributed by atoms with Gasteiger partial charge in [0, 0.05) is 26.6 Å². The number of thioether (sulfide) groups is 1. The Hall–Kier alpha value is -3.00. The number of carbonyl (C=O) groups is 3. The van der Waals surface area contributed by atoms with Crippen molar-refractivity contribution in [2.75, 3.05) is 38.9 Å². The molecule has 0 spiro atoms. The maximum absolute atomic E-state index is 13.6. The standard InChI is InChI=1S/C36H55NO8S/c1-5-7-9-13-16-26-46-27-17-14-11-10-12-15-18-31(36(42,35(40)41)23-25-43-3)33(38)37-32(34(39)44-4)28-29-19-21-30(22-20-29)45-24-8-6-2/h15,18-22,31-32,42H,5,7,9-14,16-17,23-28H2,1-4H3,(H,37,38)(H,40,41)/t31-,32+,36+/m1/s1. The summed E-state index contributed by atoms with van der Waals surface area (Å²) in [6.45, 7) is 4.13. The maximum atomic E-state index is 13.6. The van der Waals surface area contributed by atoms with Gasteiger partial charge in [-0.1, -0.05) is 75.7 Å². The van der Waals surface area contributed by atoms with Crippen molar-refractivity contribution in [1.29, 1.82) is 0 Å². The van der Waals surface area contributed by atoms with Gasteiger partial charge in [-0.15, -0.1) is 5.92 Å². The van der Waals surface area contributed by atoms with Gasteiger partial charge in [0.25, 0.3) is 0 Å². The highest BCUT2D eigenvalue weighted by Crippen LogP contribution is 2.26. The lowest BCUT2D eigenvalue weighted by Crippen LogP contribution is -2.55. The van der Waals surface area contributed by atoms with Crippen molar-refractivity contribution in [2.45, 2.75) is 103 Å². The first kappa shape index (κ1) is 41.0. The predicted octanol–water partition coefficient (Wildman–Crippen LogP) is 5.97. The minimum absolute atomic E-state index is 0.0736. The first-order valence-electron chi connectivity index (χ1n) is 16.4. The summed E-state index contributed by atoms with van der Waals surface area (Å²) < 4.78 is 15.5. The van der Waals surface area contributed by atoms with Crippen molar-refractivity contribution in [1.82, 2.24) is 5.32 Å². The highest BCUT2D eigenvalue weighted by Gasteiger charge is 2.47. The molecule has 0 aromatic heterocycles. The number of hydrogen-bond acceptors (Lipinski definition) is 8. The Balaban J connectivity index is 2.84. The fourth-order valence-electron chi connectivity index (χ4n) is 4.82. The number of aliphatic hydroxyl groups is 1. The van der Waals surface area contributed by atoms with Crippen LogP contribution in [0.4, 0.5) is 0 Å². The highest BCUT2D eigenvalue weighted by molar-refractivity contribution is 7.99. The second-order valence-electron chi connectivity index (χ2n) is 11.3. The molecule has 1 aromatic rings. The highest BCUT2D eigenvalue weighted by atomic mass is 32.2. The van der Waals surface area contributed by atoms with Crippen LogP contribution in [-0.2, 0) is 30.3 Å². The van der Waals surface area contributed by atoms with E-state index in [1.165, 1.54) is 58.2 Å². The number of methoxy groups -OCH3 is 2. The summed E-state index contributed by atoms with van der Waals surface area (Å²) >= 11 is 2.02. The Morgan fingerprint density at radius 3 is 2.24 bits per heavy atom. The number of carboxylic acid groups (broad SMARTS) is 1. The zero-order valence-electron chi connectivity index (χ0n) is 28.2. The number of nitrogens with one attached hydrogen (secondary N) is 1. The Morgan fingerprint density at radius 2 is 1.65 bits per heavy atom. The van der Waals surface area contributed by atoms with E-state index in [1.54, 1.807) is 37.3 Å². The first-order valence-corrected chi connectivity index (χ1v) is 17.6. The number of carbonyl (C=O) groups excluding carboxylic acids is 2. The molecule has 0 heterocycles. The van der Waals surface area contributed by atoms with Gasteiger partial charge in [0.05, 0.1) is 13.0 Å². The third-order valence-electron chi connectivity index (χ3n) is 7.64. The van der Waals surface area contributed by atoms with E-state index < -0.39 is 35.4 Å². The predicted molar refractivity (Wildman–Crippen MR) is 184 cm³/mol. The molecular weight excluding hydrogens is 606 g/mol. The van der Waals surface area contributed by atoms with Gasteiger partial charge in [0.15, 0.2) is 5.60 Å². The molecule has 10 heteroatoms. The van der Waals surface area contributed by atoms with Crippen LogP contribution in [-0.4, -0.2) is 78.6 Å². The molecule has 0 fully saturated rings. The molecule has 46 heavy (non-hydrogen) atoms. The molecule has 0 radical (unpaired) electrons. The summed E-state index contributed by atoms with van der Waals surface area (Å²) in [7, 11) is 2.60. The molecule has 1 aromatic carbocycles. The number of amides is 1. The van der Waals surface area contributed by atoms with Gasteiger partial charge in [-0.25, -0.2) is 9.59 Å². The summed E-state index contributed by atoms with van der Waals surface area (Å²) in [5, 5.41) is 23.9. The smallest absolute Gasteiger partial charge is 0.336 e. The zero-order chi connectivity index (χ0) is 34.0. The molecule has 1 rings (SSSR count). The van der Waals surface area contributed by atoms with Crippen molar-refractivity contribution >= 4 is 29.6 Å². The van der Waals surface area contributed by atoms with E-state index in [0.29, 0.717) is 12.2 Å². The molecule has 0 saturated heterocycles. The van der Waals surface area contributed by atoms with E-state index in [9.17, 15) is 24.6 Å². The van der Waals surface area contributed by atoms with Gasteiger partial charge in [-0.3, -0.25) is 4.79 Å². The molecule has 0 saturated carbocycles. The molecule has 3 atom stereocenters. The topological polar surface area (TPSA) is 131 Å². The van der Waals surface area contributed by atoms with Gasteiger partial charge < -0.3 is 29.7 Å². The summed E-state index contributed by atoms with van der Waals surface area (Å²) in [5.41, 5.74) is -1.72. The Labute approximate surface area is 280 Å². The number of unbranched alkanes of at least 4 members (excludes halogenated alkanes) is 8. The number of benzene rings is 1. The molecule has 9 nitrogen and oxygen atoms in total. The van der Waals surface area contributed by atoms with Crippen LogP contribution in [0.3, 0.4) is 0 Å². The van der Waals surface area contributed by atoms with Gasteiger partial charge in [-0.05, 0) is 61.8 Å². The quantitative estimate of drug-likeness (QED) is 0.0476. The van der Waals surface area contributed by atoms with Crippen LogP contribution >= 0.6 is 11.8 Å². The third-order valence-corrected chi connectivity index (χ3v) is 8.79. The monoisotopic (exact) mass is 661 g/mol. The Morgan fingerprint density at radius 1 is 1.00 bits per heavy atom. The van der Waals surface area contributed by atoms with Crippen molar-refractivity contribution < 1.29 is 38.8 Å². The minimum Gasteiger partial charge on any atom is -0.481 e. The van der Waals surface area contributed by atoms with Crippen molar-refractivity contribution in [2.24, 2.45) is 5.92 Å². The second kappa shape index (κ2) is 25.1. The van der Waals surface area contributed by atoms with Crippen LogP contribution in [0.1, 0.15) is 90.0 Å². The molecule has 258 valence electrons.